The normalized spacial score (nSPS) is 12.0. The summed E-state index contributed by atoms with van der Waals surface area (Å²) in [6, 6.07) is 5.09. The zero-order chi connectivity index (χ0) is 12.1. The molecule has 0 heterocycles. The molecular weight excluding hydrogens is 293 g/mol. The fourth-order valence-corrected chi connectivity index (χ4v) is 1.46. The molecule has 0 aliphatic heterocycles. The standard InChI is InChI=1S/C11H13BrClNO2/c1-3-8(12)11(15)14-9-6-7(13)4-5-10(9)16-2/h4-6,8H,3H2,1-2H3,(H,14,15)/t8-/m1/s1. The first-order valence-corrected chi connectivity index (χ1v) is 6.16. The average Bonchev–Trinajstić information content (AvgIpc) is 2.28. The van der Waals surface area contributed by atoms with E-state index >= 15 is 0 Å². The maximum absolute atomic E-state index is 11.7. The van der Waals surface area contributed by atoms with E-state index in [1.165, 1.54) is 0 Å². The van der Waals surface area contributed by atoms with Crippen molar-refractivity contribution < 1.29 is 9.53 Å². The predicted octanol–water partition coefficient (Wildman–Crippen LogP) is 3.46. The van der Waals surface area contributed by atoms with Crippen molar-refractivity contribution in [1.82, 2.24) is 0 Å². The third-order valence-electron chi connectivity index (χ3n) is 2.06. The lowest BCUT2D eigenvalue weighted by Gasteiger charge is -2.12. The van der Waals surface area contributed by atoms with Crippen molar-refractivity contribution in [2.24, 2.45) is 0 Å². The molecule has 0 spiro atoms. The van der Waals surface area contributed by atoms with Gasteiger partial charge in [0.15, 0.2) is 0 Å². The molecule has 0 aliphatic rings. The van der Waals surface area contributed by atoms with Crippen LogP contribution in [0.1, 0.15) is 13.3 Å². The first-order valence-electron chi connectivity index (χ1n) is 4.87. The second-order valence-electron chi connectivity index (χ2n) is 3.21. The van der Waals surface area contributed by atoms with Crippen LogP contribution >= 0.6 is 27.5 Å². The number of nitrogens with one attached hydrogen (secondary N) is 1. The second kappa shape index (κ2) is 6.11. The summed E-state index contributed by atoms with van der Waals surface area (Å²) < 4.78 is 5.13. The summed E-state index contributed by atoms with van der Waals surface area (Å²) in [7, 11) is 1.55. The van der Waals surface area contributed by atoms with Crippen molar-refractivity contribution in [2.45, 2.75) is 18.2 Å². The van der Waals surface area contributed by atoms with Gasteiger partial charge >= 0.3 is 0 Å². The van der Waals surface area contributed by atoms with E-state index in [-0.39, 0.29) is 10.7 Å². The van der Waals surface area contributed by atoms with Crippen LogP contribution in [0.4, 0.5) is 5.69 Å². The molecule has 1 atom stereocenters. The van der Waals surface area contributed by atoms with Gasteiger partial charge in [-0.3, -0.25) is 4.79 Å². The van der Waals surface area contributed by atoms with Crippen LogP contribution in [0.2, 0.25) is 5.02 Å². The Hall–Kier alpha value is -0.740. The minimum absolute atomic E-state index is 0.108. The smallest absolute Gasteiger partial charge is 0.238 e. The van der Waals surface area contributed by atoms with Crippen molar-refractivity contribution in [3.63, 3.8) is 0 Å². The minimum Gasteiger partial charge on any atom is -0.495 e. The number of methoxy groups -OCH3 is 1. The molecular formula is C11H13BrClNO2. The van der Waals surface area contributed by atoms with Gasteiger partial charge in [-0.1, -0.05) is 34.5 Å². The molecule has 1 aromatic carbocycles. The number of hydrogen-bond acceptors (Lipinski definition) is 2. The molecule has 1 rings (SSSR count). The number of halogens is 2. The number of carbonyl (C=O) groups is 1. The zero-order valence-corrected chi connectivity index (χ0v) is 11.4. The SMILES string of the molecule is CC[C@@H](Br)C(=O)Nc1cc(Cl)ccc1OC. The summed E-state index contributed by atoms with van der Waals surface area (Å²) in [4.78, 5) is 11.5. The van der Waals surface area contributed by atoms with E-state index < -0.39 is 0 Å². The minimum atomic E-state index is -0.212. The molecule has 3 nitrogen and oxygen atoms in total. The fourth-order valence-electron chi connectivity index (χ4n) is 1.17. The van der Waals surface area contributed by atoms with Gasteiger partial charge in [0.2, 0.25) is 5.91 Å². The number of hydrogen-bond donors (Lipinski definition) is 1. The van der Waals surface area contributed by atoms with E-state index in [2.05, 4.69) is 21.2 Å². The summed E-state index contributed by atoms with van der Waals surface area (Å²) in [5, 5.41) is 3.31. The Morgan fingerprint density at radius 2 is 2.31 bits per heavy atom. The molecule has 0 aliphatic carbocycles. The highest BCUT2D eigenvalue weighted by Gasteiger charge is 2.14. The van der Waals surface area contributed by atoms with Gasteiger partial charge in [-0.15, -0.1) is 0 Å². The van der Waals surface area contributed by atoms with Crippen LogP contribution in [0.25, 0.3) is 0 Å². The lowest BCUT2D eigenvalue weighted by atomic mass is 10.2. The van der Waals surface area contributed by atoms with Gasteiger partial charge in [0.05, 0.1) is 17.6 Å². The zero-order valence-electron chi connectivity index (χ0n) is 9.09. The molecule has 0 bridgehead atoms. The number of anilines is 1. The molecule has 0 radical (unpaired) electrons. The van der Waals surface area contributed by atoms with Crippen LogP contribution in [-0.2, 0) is 4.79 Å². The van der Waals surface area contributed by atoms with Crippen molar-refractivity contribution in [2.75, 3.05) is 12.4 Å². The van der Waals surface area contributed by atoms with Crippen LogP contribution in [0, 0.1) is 0 Å². The molecule has 1 N–H and O–H groups in total. The molecule has 16 heavy (non-hydrogen) atoms. The quantitative estimate of drug-likeness (QED) is 0.865. The molecule has 0 fully saturated rings. The Bertz CT molecular complexity index is 384. The van der Waals surface area contributed by atoms with E-state index in [1.54, 1.807) is 25.3 Å². The molecule has 0 saturated heterocycles. The van der Waals surface area contributed by atoms with Crippen LogP contribution in [0.15, 0.2) is 18.2 Å². The van der Waals surface area contributed by atoms with Gasteiger partial charge in [-0.2, -0.15) is 0 Å². The van der Waals surface area contributed by atoms with E-state index in [1.807, 2.05) is 6.92 Å². The van der Waals surface area contributed by atoms with Crippen molar-refractivity contribution in [3.8, 4) is 5.75 Å². The Morgan fingerprint density at radius 3 is 2.88 bits per heavy atom. The van der Waals surface area contributed by atoms with E-state index in [4.69, 9.17) is 16.3 Å². The average molecular weight is 307 g/mol. The monoisotopic (exact) mass is 305 g/mol. The molecule has 1 amide bonds. The number of ether oxygens (including phenoxy) is 1. The Kier molecular flexibility index (Phi) is 5.09. The van der Waals surface area contributed by atoms with Crippen molar-refractivity contribution >= 4 is 39.1 Å². The molecule has 0 aromatic heterocycles. The summed E-state index contributed by atoms with van der Waals surface area (Å²) >= 11 is 9.13. The fraction of sp³-hybridized carbons (Fsp3) is 0.364. The van der Waals surface area contributed by atoms with Crippen LogP contribution in [0.5, 0.6) is 5.75 Å². The van der Waals surface area contributed by atoms with E-state index in [0.717, 1.165) is 0 Å². The van der Waals surface area contributed by atoms with Crippen LogP contribution < -0.4 is 10.1 Å². The molecule has 0 saturated carbocycles. The second-order valence-corrected chi connectivity index (χ2v) is 4.75. The Labute approximate surface area is 108 Å². The number of rotatable bonds is 4. The summed E-state index contributed by atoms with van der Waals surface area (Å²) in [6.07, 6.45) is 0.717. The van der Waals surface area contributed by atoms with Gasteiger partial charge in [0.1, 0.15) is 5.75 Å². The third kappa shape index (κ3) is 3.39. The molecule has 0 unspecified atom stereocenters. The van der Waals surface area contributed by atoms with Crippen LogP contribution in [-0.4, -0.2) is 17.8 Å². The lowest BCUT2D eigenvalue weighted by Crippen LogP contribution is -2.22. The summed E-state index contributed by atoms with van der Waals surface area (Å²) in [5.74, 6) is 0.483. The van der Waals surface area contributed by atoms with E-state index in [0.29, 0.717) is 22.9 Å². The maximum Gasteiger partial charge on any atom is 0.238 e. The Balaban J connectivity index is 2.87. The molecule has 88 valence electrons. The summed E-state index contributed by atoms with van der Waals surface area (Å²) in [5.41, 5.74) is 0.581. The van der Waals surface area contributed by atoms with Gasteiger partial charge in [0, 0.05) is 5.02 Å². The van der Waals surface area contributed by atoms with Gasteiger partial charge in [-0.05, 0) is 24.6 Å². The molecule has 5 heteroatoms. The summed E-state index contributed by atoms with van der Waals surface area (Å²) in [6.45, 7) is 1.92. The van der Waals surface area contributed by atoms with Gasteiger partial charge in [-0.25, -0.2) is 0 Å². The topological polar surface area (TPSA) is 38.3 Å². The lowest BCUT2D eigenvalue weighted by molar-refractivity contribution is -0.115. The highest BCUT2D eigenvalue weighted by atomic mass is 79.9. The number of amides is 1. The van der Waals surface area contributed by atoms with Crippen LogP contribution in [0.3, 0.4) is 0 Å². The largest absolute Gasteiger partial charge is 0.495 e. The van der Waals surface area contributed by atoms with Gasteiger partial charge in [0.25, 0.3) is 0 Å². The highest BCUT2D eigenvalue weighted by molar-refractivity contribution is 9.10. The van der Waals surface area contributed by atoms with Crippen molar-refractivity contribution in [1.29, 1.82) is 0 Å². The highest BCUT2D eigenvalue weighted by Crippen LogP contribution is 2.28. The van der Waals surface area contributed by atoms with Crippen molar-refractivity contribution in [3.05, 3.63) is 23.2 Å². The number of carbonyl (C=O) groups excluding carboxylic acids is 1. The number of benzene rings is 1. The van der Waals surface area contributed by atoms with E-state index in [9.17, 15) is 4.79 Å². The Morgan fingerprint density at radius 1 is 1.62 bits per heavy atom. The first kappa shape index (κ1) is 13.3. The molecule has 1 aromatic rings. The van der Waals surface area contributed by atoms with Gasteiger partial charge < -0.3 is 10.1 Å². The maximum atomic E-state index is 11.7. The predicted molar refractivity (Wildman–Crippen MR) is 69.6 cm³/mol. The number of alkyl halides is 1. The first-order chi connectivity index (χ1) is 7.58. The third-order valence-corrected chi connectivity index (χ3v) is 3.36.